The first-order valence-electron chi connectivity index (χ1n) is 15.9. The van der Waals surface area contributed by atoms with Crippen molar-refractivity contribution in [2.75, 3.05) is 39.6 Å². The number of rotatable bonds is 27. The minimum Gasteiger partial charge on any atom is -0.478 e. The van der Waals surface area contributed by atoms with Crippen molar-refractivity contribution in [3.8, 4) is 0 Å². The maximum atomic E-state index is 13.5. The summed E-state index contributed by atoms with van der Waals surface area (Å²) in [5.74, 6) is -12.1. The fourth-order valence-corrected chi connectivity index (χ4v) is 3.38. The standard InChI is InChI=1S/C33H33N3O24/c1-4-25(43)52-13-19(58-28(46)10-7-22(37)38)16-55-34-31(49)35(56-17-20(14-53-26(44)5-2)59-29(47)11-8-23(39)40)33(51)36(32(34)50)57-18-21(15-54-27(45)6-3)60-30(48)12-9-24(41)42/h4-12,19-21H,1-3,13-18H2,(H,37,38)(H,39,40)(H,41,42)/b10-7+,11-8+,12-9+. The van der Waals surface area contributed by atoms with Crippen LogP contribution in [0.2, 0.25) is 0 Å². The summed E-state index contributed by atoms with van der Waals surface area (Å²) in [5.41, 5.74) is -5.53. The number of ether oxygens (including phenoxy) is 6. The zero-order chi connectivity index (χ0) is 45.4. The summed E-state index contributed by atoms with van der Waals surface area (Å²) in [5, 5.41) is 26.3. The number of carbonyl (C=O) groups excluding carboxylic acids is 6. The molecule has 0 aliphatic heterocycles. The number of carboxylic acids is 3. The second kappa shape index (κ2) is 25.6. The van der Waals surface area contributed by atoms with E-state index in [2.05, 4.69) is 19.7 Å². The number of carbonyl (C=O) groups is 9. The lowest BCUT2D eigenvalue weighted by Crippen LogP contribution is -2.61. The molecule has 0 radical (unpaired) electrons. The quantitative estimate of drug-likeness (QED) is 0.0425. The van der Waals surface area contributed by atoms with Crippen molar-refractivity contribution in [2.45, 2.75) is 18.3 Å². The Labute approximate surface area is 333 Å². The Morgan fingerprint density at radius 1 is 0.417 bits per heavy atom. The fourth-order valence-electron chi connectivity index (χ4n) is 3.38. The highest BCUT2D eigenvalue weighted by Gasteiger charge is 2.26. The first kappa shape index (κ1) is 49.5. The van der Waals surface area contributed by atoms with Crippen LogP contribution in [0, 0.1) is 0 Å². The molecule has 3 unspecified atom stereocenters. The third-order valence-corrected chi connectivity index (χ3v) is 5.88. The number of nitrogens with zero attached hydrogens (tertiary/aromatic N) is 3. The SMILES string of the molecule is C=CC(=O)OCC(COn1c(=O)n(OCC(COC(=O)C=C)OC(=O)/C=C/C(=O)O)c(=O)n(OCC(COC(=O)C=C)OC(=O)/C=C/C(=O)O)c1=O)OC(=O)/C=C/C(=O)O. The second-order valence-corrected chi connectivity index (χ2v) is 10.3. The lowest BCUT2D eigenvalue weighted by Gasteiger charge is -2.21. The van der Waals surface area contributed by atoms with Crippen molar-refractivity contribution >= 4 is 53.7 Å². The molecule has 0 saturated heterocycles. The molecular formula is C33H33N3O24. The van der Waals surface area contributed by atoms with Crippen LogP contribution in [-0.2, 0) is 71.6 Å². The van der Waals surface area contributed by atoms with E-state index in [9.17, 15) is 57.5 Å². The smallest absolute Gasteiger partial charge is 0.403 e. The molecule has 0 aliphatic rings. The van der Waals surface area contributed by atoms with E-state index in [0.29, 0.717) is 54.7 Å². The normalized spacial score (nSPS) is 12.2. The van der Waals surface area contributed by atoms with Crippen LogP contribution in [0.5, 0.6) is 0 Å². The van der Waals surface area contributed by atoms with Crippen molar-refractivity contribution in [1.82, 2.24) is 14.2 Å². The molecule has 1 aromatic rings. The van der Waals surface area contributed by atoms with E-state index >= 15 is 0 Å². The van der Waals surface area contributed by atoms with E-state index in [1.165, 1.54) is 0 Å². The third-order valence-electron chi connectivity index (χ3n) is 5.88. The average molecular weight is 856 g/mol. The second-order valence-electron chi connectivity index (χ2n) is 10.3. The molecule has 0 aromatic carbocycles. The monoisotopic (exact) mass is 855 g/mol. The van der Waals surface area contributed by atoms with Crippen LogP contribution in [0.4, 0.5) is 0 Å². The van der Waals surface area contributed by atoms with Gasteiger partial charge in [0.2, 0.25) is 0 Å². The molecule has 0 aliphatic carbocycles. The van der Waals surface area contributed by atoms with Gasteiger partial charge in [-0.2, -0.15) is 0 Å². The van der Waals surface area contributed by atoms with Gasteiger partial charge in [0.15, 0.2) is 38.1 Å². The zero-order valence-electron chi connectivity index (χ0n) is 30.5. The van der Waals surface area contributed by atoms with Crippen molar-refractivity contribution in [2.24, 2.45) is 0 Å². The van der Waals surface area contributed by atoms with Gasteiger partial charge in [0.25, 0.3) is 0 Å². The van der Waals surface area contributed by atoms with Gasteiger partial charge in [-0.1, -0.05) is 33.9 Å². The molecule has 1 aromatic heterocycles. The Hall–Kier alpha value is -8.52. The Balaban J connectivity index is 3.81. The summed E-state index contributed by atoms with van der Waals surface area (Å²) in [6.45, 7) is 3.47. The average Bonchev–Trinajstić information content (AvgIpc) is 3.20. The highest BCUT2D eigenvalue weighted by atomic mass is 16.7. The molecule has 1 heterocycles. The molecule has 1 rings (SSSR count). The zero-order valence-corrected chi connectivity index (χ0v) is 30.5. The molecule has 3 atom stereocenters. The summed E-state index contributed by atoms with van der Waals surface area (Å²) in [6, 6.07) is 0. The third kappa shape index (κ3) is 18.9. The molecule has 0 spiro atoms. The summed E-state index contributed by atoms with van der Waals surface area (Å²) in [6.07, 6.45) is -0.856. The molecule has 324 valence electrons. The van der Waals surface area contributed by atoms with E-state index in [0.717, 1.165) is 0 Å². The van der Waals surface area contributed by atoms with E-state index in [4.69, 9.17) is 58.3 Å². The van der Waals surface area contributed by atoms with Crippen LogP contribution in [0.3, 0.4) is 0 Å². The van der Waals surface area contributed by atoms with Crippen molar-refractivity contribution in [3.63, 3.8) is 0 Å². The fraction of sp³-hybridized carbons (Fsp3) is 0.273. The van der Waals surface area contributed by atoms with E-state index in [-0.39, 0.29) is 14.2 Å². The Morgan fingerprint density at radius 2 is 0.650 bits per heavy atom. The predicted molar refractivity (Wildman–Crippen MR) is 187 cm³/mol. The van der Waals surface area contributed by atoms with Crippen LogP contribution >= 0.6 is 0 Å². The van der Waals surface area contributed by atoms with Crippen LogP contribution in [0.1, 0.15) is 0 Å². The Kier molecular flexibility index (Phi) is 21.1. The summed E-state index contributed by atoms with van der Waals surface area (Å²) in [4.78, 5) is 160. The molecule has 27 heteroatoms. The molecule has 0 amide bonds. The first-order valence-corrected chi connectivity index (χ1v) is 15.9. The largest absolute Gasteiger partial charge is 0.478 e. The van der Waals surface area contributed by atoms with Gasteiger partial charge in [0.05, 0.1) is 0 Å². The highest BCUT2D eigenvalue weighted by molar-refractivity contribution is 5.92. The van der Waals surface area contributed by atoms with Gasteiger partial charge in [-0.15, -0.1) is 0 Å². The summed E-state index contributed by atoms with van der Waals surface area (Å²) in [7, 11) is 0. The van der Waals surface area contributed by atoms with Gasteiger partial charge < -0.3 is 58.3 Å². The summed E-state index contributed by atoms with van der Waals surface area (Å²) >= 11 is 0. The van der Waals surface area contributed by atoms with E-state index in [1.807, 2.05) is 0 Å². The van der Waals surface area contributed by atoms with Crippen molar-refractivity contribution in [3.05, 3.63) is 106 Å². The van der Waals surface area contributed by atoms with Gasteiger partial charge in [0, 0.05) is 54.7 Å². The van der Waals surface area contributed by atoms with Gasteiger partial charge in [-0.3, -0.25) is 0 Å². The van der Waals surface area contributed by atoms with E-state index in [1.54, 1.807) is 0 Å². The maximum Gasteiger partial charge on any atom is 0.403 e. The molecule has 0 saturated carbocycles. The summed E-state index contributed by atoms with van der Waals surface area (Å²) < 4.78 is 28.3. The minimum absolute atomic E-state index is 0.284. The molecule has 3 N–H and O–H groups in total. The number of aliphatic carboxylic acids is 3. The van der Waals surface area contributed by atoms with Gasteiger partial charge in [0.1, 0.15) is 19.8 Å². The molecule has 60 heavy (non-hydrogen) atoms. The van der Waals surface area contributed by atoms with Crippen LogP contribution in [-0.4, -0.2) is 141 Å². The number of hydrogen-bond donors (Lipinski definition) is 3. The Bertz CT molecular complexity index is 1840. The van der Waals surface area contributed by atoms with Crippen molar-refractivity contribution < 1.29 is 101 Å². The number of hydrogen-bond acceptors (Lipinski definition) is 21. The topological polar surface area (TPSA) is 363 Å². The molecule has 0 fully saturated rings. The molecular weight excluding hydrogens is 822 g/mol. The minimum atomic E-state index is -1.84. The Morgan fingerprint density at radius 3 is 0.850 bits per heavy atom. The highest BCUT2D eigenvalue weighted by Crippen LogP contribution is 2.00. The van der Waals surface area contributed by atoms with Crippen LogP contribution < -0.4 is 31.6 Å². The number of esters is 6. The van der Waals surface area contributed by atoms with Crippen molar-refractivity contribution in [1.29, 1.82) is 0 Å². The maximum absolute atomic E-state index is 13.5. The van der Waals surface area contributed by atoms with Crippen LogP contribution in [0.25, 0.3) is 0 Å². The predicted octanol–water partition coefficient (Wildman–Crippen LogP) is -4.70. The van der Waals surface area contributed by atoms with E-state index < -0.39 is 129 Å². The number of carboxylic acid groups (broad SMARTS) is 3. The first-order chi connectivity index (χ1) is 28.3. The molecule has 27 nitrogen and oxygen atoms in total. The van der Waals surface area contributed by atoms with Crippen LogP contribution in [0.15, 0.2) is 88.8 Å². The molecule has 0 bridgehead atoms. The lowest BCUT2D eigenvalue weighted by atomic mass is 10.4. The van der Waals surface area contributed by atoms with Gasteiger partial charge in [-0.25, -0.2) is 57.5 Å². The number of aromatic nitrogens is 3. The van der Waals surface area contributed by atoms with Gasteiger partial charge >= 0.3 is 70.8 Å². The van der Waals surface area contributed by atoms with Gasteiger partial charge in [-0.05, 0) is 0 Å². The lowest BCUT2D eigenvalue weighted by molar-refractivity contribution is -0.159.